The molecule has 0 atom stereocenters. The third-order valence-corrected chi connectivity index (χ3v) is 3.19. The minimum absolute atomic E-state index is 0.380. The molecule has 0 saturated heterocycles. The zero-order valence-corrected chi connectivity index (χ0v) is 12.2. The van der Waals surface area contributed by atoms with Gasteiger partial charge in [0.25, 0.3) is 0 Å². The van der Waals surface area contributed by atoms with Crippen LogP contribution in [0.15, 0.2) is 42.5 Å². The van der Waals surface area contributed by atoms with Crippen molar-refractivity contribution in [2.45, 2.75) is 5.88 Å². The van der Waals surface area contributed by atoms with Gasteiger partial charge in [-0.1, -0.05) is 12.1 Å². The lowest BCUT2D eigenvalue weighted by Gasteiger charge is -2.14. The van der Waals surface area contributed by atoms with Crippen LogP contribution in [0.25, 0.3) is 0 Å². The molecule has 0 unspecified atom stereocenters. The lowest BCUT2D eigenvalue weighted by Crippen LogP contribution is -2.08. The molecule has 0 radical (unpaired) electrons. The topological polar surface area (TPSA) is 36.3 Å². The van der Waals surface area contributed by atoms with Crippen LogP contribution in [0.5, 0.6) is 11.5 Å². The van der Waals surface area contributed by atoms with Crippen molar-refractivity contribution in [1.82, 2.24) is 0 Å². The van der Waals surface area contributed by atoms with Crippen LogP contribution in [0.1, 0.15) is 11.1 Å². The summed E-state index contributed by atoms with van der Waals surface area (Å²) in [5.41, 5.74) is 2.43. The van der Waals surface area contributed by atoms with Crippen molar-refractivity contribution in [3.05, 3.63) is 53.6 Å². The molecule has 2 aromatic rings. The first-order valence-electron chi connectivity index (χ1n) is 6.18. The van der Waals surface area contributed by atoms with E-state index < -0.39 is 0 Å². The van der Waals surface area contributed by atoms with Gasteiger partial charge in [0.1, 0.15) is 17.6 Å². The monoisotopic (exact) mass is 286 g/mol. The number of halogens is 1. The number of nitrogens with zero attached hydrogens (tertiary/aromatic N) is 2. The SMILES string of the molecule is CN(C)c1cccc(Oc2ccc(CCl)cc2C#N)c1. The molecule has 0 aliphatic heterocycles. The van der Waals surface area contributed by atoms with Crippen molar-refractivity contribution in [2.75, 3.05) is 19.0 Å². The summed E-state index contributed by atoms with van der Waals surface area (Å²) in [6.07, 6.45) is 0. The Hall–Kier alpha value is -2.18. The van der Waals surface area contributed by atoms with Crippen molar-refractivity contribution < 1.29 is 4.74 Å². The van der Waals surface area contributed by atoms with Crippen molar-refractivity contribution in [2.24, 2.45) is 0 Å². The second-order valence-corrected chi connectivity index (χ2v) is 4.84. The summed E-state index contributed by atoms with van der Waals surface area (Å²) in [4.78, 5) is 1.99. The Kier molecular flexibility index (Phi) is 4.49. The highest BCUT2D eigenvalue weighted by Crippen LogP contribution is 2.28. The highest BCUT2D eigenvalue weighted by atomic mass is 35.5. The number of hydrogen-bond donors (Lipinski definition) is 0. The van der Waals surface area contributed by atoms with E-state index in [1.807, 2.05) is 49.3 Å². The number of ether oxygens (including phenoxy) is 1. The van der Waals surface area contributed by atoms with Crippen molar-refractivity contribution >= 4 is 17.3 Å². The standard InChI is InChI=1S/C16H15ClN2O/c1-19(2)14-4-3-5-15(9-14)20-16-7-6-12(10-17)8-13(16)11-18/h3-9H,10H2,1-2H3. The summed E-state index contributed by atoms with van der Waals surface area (Å²) in [7, 11) is 3.93. The van der Waals surface area contributed by atoms with E-state index >= 15 is 0 Å². The maximum absolute atomic E-state index is 9.18. The van der Waals surface area contributed by atoms with E-state index in [0.717, 1.165) is 11.3 Å². The molecule has 0 aliphatic rings. The first-order chi connectivity index (χ1) is 9.63. The van der Waals surface area contributed by atoms with E-state index in [1.165, 1.54) is 0 Å². The van der Waals surface area contributed by atoms with E-state index in [4.69, 9.17) is 16.3 Å². The molecule has 0 aliphatic carbocycles. The van der Waals surface area contributed by atoms with Gasteiger partial charge in [0.05, 0.1) is 5.56 Å². The lowest BCUT2D eigenvalue weighted by atomic mass is 10.1. The Morgan fingerprint density at radius 3 is 2.65 bits per heavy atom. The molecule has 3 nitrogen and oxygen atoms in total. The minimum atomic E-state index is 0.380. The number of rotatable bonds is 4. The molecule has 2 rings (SSSR count). The molecule has 0 bridgehead atoms. The fourth-order valence-corrected chi connectivity index (χ4v) is 1.96. The molecule has 0 fully saturated rings. The maximum Gasteiger partial charge on any atom is 0.145 e. The minimum Gasteiger partial charge on any atom is -0.456 e. The molecule has 0 spiro atoms. The van der Waals surface area contributed by atoms with E-state index in [1.54, 1.807) is 12.1 Å². The maximum atomic E-state index is 9.18. The average molecular weight is 287 g/mol. The van der Waals surface area contributed by atoms with Gasteiger partial charge in [-0.2, -0.15) is 5.26 Å². The van der Waals surface area contributed by atoms with E-state index in [9.17, 15) is 5.26 Å². The third-order valence-electron chi connectivity index (χ3n) is 2.88. The molecule has 0 saturated carbocycles. The van der Waals surface area contributed by atoms with Crippen molar-refractivity contribution in [1.29, 1.82) is 5.26 Å². The molecule has 0 aromatic heterocycles. The third kappa shape index (κ3) is 3.23. The van der Waals surface area contributed by atoms with Crippen LogP contribution in [0.4, 0.5) is 5.69 Å². The zero-order chi connectivity index (χ0) is 14.5. The lowest BCUT2D eigenvalue weighted by molar-refractivity contribution is 0.481. The van der Waals surface area contributed by atoms with Gasteiger partial charge in [-0.3, -0.25) is 0 Å². The van der Waals surface area contributed by atoms with Crippen molar-refractivity contribution in [3.63, 3.8) is 0 Å². The van der Waals surface area contributed by atoms with E-state index in [-0.39, 0.29) is 0 Å². The number of alkyl halides is 1. The summed E-state index contributed by atoms with van der Waals surface area (Å²) >= 11 is 5.77. The van der Waals surface area contributed by atoms with Gasteiger partial charge >= 0.3 is 0 Å². The van der Waals surface area contributed by atoms with Crippen molar-refractivity contribution in [3.8, 4) is 17.6 Å². The van der Waals surface area contributed by atoms with Gasteiger partial charge in [-0.15, -0.1) is 11.6 Å². The number of benzene rings is 2. The Morgan fingerprint density at radius 1 is 1.20 bits per heavy atom. The average Bonchev–Trinajstić information content (AvgIpc) is 2.48. The van der Waals surface area contributed by atoms with Gasteiger partial charge in [0, 0.05) is 31.7 Å². The second kappa shape index (κ2) is 6.31. The van der Waals surface area contributed by atoms with E-state index in [2.05, 4.69) is 6.07 Å². The normalized spacial score (nSPS) is 9.90. The predicted molar refractivity (Wildman–Crippen MR) is 81.6 cm³/mol. The molecule has 4 heteroatoms. The van der Waals surface area contributed by atoms with E-state index in [0.29, 0.717) is 22.9 Å². The van der Waals surface area contributed by atoms with Crippen LogP contribution in [0.2, 0.25) is 0 Å². The Bertz CT molecular complexity index is 647. The summed E-state index contributed by atoms with van der Waals surface area (Å²) in [5, 5.41) is 9.18. The largest absolute Gasteiger partial charge is 0.456 e. The van der Waals surface area contributed by atoms with Crippen LogP contribution in [0.3, 0.4) is 0 Å². The molecule has 0 N–H and O–H groups in total. The van der Waals surface area contributed by atoms with Crippen LogP contribution in [0, 0.1) is 11.3 Å². The van der Waals surface area contributed by atoms with Crippen LogP contribution >= 0.6 is 11.6 Å². The van der Waals surface area contributed by atoms with Gasteiger partial charge < -0.3 is 9.64 Å². The van der Waals surface area contributed by atoms with Gasteiger partial charge in [-0.25, -0.2) is 0 Å². The summed E-state index contributed by atoms with van der Waals surface area (Å²) in [5.74, 6) is 1.62. The van der Waals surface area contributed by atoms with Crippen LogP contribution in [-0.2, 0) is 5.88 Å². The van der Waals surface area contributed by atoms with Gasteiger partial charge in [0.15, 0.2) is 0 Å². The number of hydrogen-bond acceptors (Lipinski definition) is 3. The zero-order valence-electron chi connectivity index (χ0n) is 11.4. The van der Waals surface area contributed by atoms with Crippen LogP contribution in [-0.4, -0.2) is 14.1 Å². The molecule has 20 heavy (non-hydrogen) atoms. The summed E-state index contributed by atoms with van der Waals surface area (Å²) in [6, 6.07) is 15.2. The number of anilines is 1. The fourth-order valence-electron chi connectivity index (χ4n) is 1.79. The predicted octanol–water partition coefficient (Wildman–Crippen LogP) is 4.16. The summed E-state index contributed by atoms with van der Waals surface area (Å²) < 4.78 is 5.80. The first kappa shape index (κ1) is 14.2. The molecular formula is C16H15ClN2O. The smallest absolute Gasteiger partial charge is 0.145 e. The Labute approximate surface area is 124 Å². The summed E-state index contributed by atoms with van der Waals surface area (Å²) in [6.45, 7) is 0. The highest BCUT2D eigenvalue weighted by Gasteiger charge is 2.07. The molecule has 0 heterocycles. The fraction of sp³-hybridized carbons (Fsp3) is 0.188. The van der Waals surface area contributed by atoms with Gasteiger partial charge in [0.2, 0.25) is 0 Å². The van der Waals surface area contributed by atoms with Gasteiger partial charge in [-0.05, 0) is 29.8 Å². The quantitative estimate of drug-likeness (QED) is 0.792. The Morgan fingerprint density at radius 2 is 2.00 bits per heavy atom. The Balaban J connectivity index is 2.30. The molecule has 102 valence electrons. The number of nitriles is 1. The molecule has 0 amide bonds. The first-order valence-corrected chi connectivity index (χ1v) is 6.71. The van der Waals surface area contributed by atoms with Crippen LogP contribution < -0.4 is 9.64 Å². The second-order valence-electron chi connectivity index (χ2n) is 4.57. The highest BCUT2D eigenvalue weighted by molar-refractivity contribution is 6.17. The molecular weight excluding hydrogens is 272 g/mol. The molecule has 2 aromatic carbocycles.